The third kappa shape index (κ3) is 7.01. The summed E-state index contributed by atoms with van der Waals surface area (Å²) in [5.41, 5.74) is 0.837. The Kier molecular flexibility index (Phi) is 7.63. The Morgan fingerprint density at radius 3 is 2.57 bits per heavy atom. The molecule has 0 atom stereocenters. The van der Waals surface area contributed by atoms with Crippen LogP contribution in [0.1, 0.15) is 5.56 Å². The fourth-order valence-electron chi connectivity index (χ4n) is 1.64. The van der Waals surface area contributed by atoms with Crippen molar-refractivity contribution in [3.05, 3.63) is 29.8 Å². The van der Waals surface area contributed by atoms with E-state index in [1.54, 1.807) is 31.2 Å². The molecule has 21 heavy (non-hydrogen) atoms. The van der Waals surface area contributed by atoms with Crippen molar-refractivity contribution < 1.29 is 23.0 Å². The first-order valence-electron chi connectivity index (χ1n) is 6.50. The molecule has 118 valence electrons. The smallest absolute Gasteiger partial charge is 0.387 e. The first-order valence-corrected chi connectivity index (χ1v) is 6.50. The highest BCUT2D eigenvalue weighted by Crippen LogP contribution is 2.15. The van der Waals surface area contributed by atoms with E-state index in [-0.39, 0.29) is 18.2 Å². The lowest BCUT2D eigenvalue weighted by molar-refractivity contribution is -0.129. The van der Waals surface area contributed by atoms with Crippen molar-refractivity contribution in [3.63, 3.8) is 0 Å². The number of ether oxygens (including phenoxy) is 2. The van der Waals surface area contributed by atoms with Gasteiger partial charge in [-0.25, -0.2) is 0 Å². The molecule has 0 unspecified atom stereocenters. The predicted molar refractivity (Wildman–Crippen MR) is 74.3 cm³/mol. The third-order valence-electron chi connectivity index (χ3n) is 2.75. The van der Waals surface area contributed by atoms with Crippen molar-refractivity contribution in [2.45, 2.75) is 13.2 Å². The maximum atomic E-state index is 12.0. The standard InChI is InChI=1S/C14H20F2N2O3/c1-18(13(19)9-17-7-8-20-2)10-11-3-5-12(6-4-11)21-14(15)16/h3-6,14,17H,7-10H2,1-2H3. The number of rotatable bonds is 9. The number of carbonyl (C=O) groups excluding carboxylic acids is 1. The van der Waals surface area contributed by atoms with E-state index in [0.29, 0.717) is 19.7 Å². The van der Waals surface area contributed by atoms with E-state index in [1.807, 2.05) is 0 Å². The molecule has 0 aliphatic rings. The van der Waals surface area contributed by atoms with Gasteiger partial charge in [-0.2, -0.15) is 8.78 Å². The van der Waals surface area contributed by atoms with E-state index in [2.05, 4.69) is 10.1 Å². The van der Waals surface area contributed by atoms with Gasteiger partial charge in [-0.05, 0) is 17.7 Å². The number of methoxy groups -OCH3 is 1. The molecule has 0 aliphatic carbocycles. The van der Waals surface area contributed by atoms with Crippen LogP contribution in [0, 0.1) is 0 Å². The minimum absolute atomic E-state index is 0.0565. The Labute approximate surface area is 122 Å². The number of nitrogens with one attached hydrogen (secondary N) is 1. The number of halogens is 2. The average molecular weight is 302 g/mol. The van der Waals surface area contributed by atoms with Gasteiger partial charge in [0.1, 0.15) is 5.75 Å². The molecule has 0 heterocycles. The molecular weight excluding hydrogens is 282 g/mol. The van der Waals surface area contributed by atoms with E-state index in [1.165, 1.54) is 12.1 Å². The third-order valence-corrected chi connectivity index (χ3v) is 2.75. The molecule has 1 rings (SSSR count). The van der Waals surface area contributed by atoms with E-state index in [4.69, 9.17) is 4.74 Å². The molecule has 0 saturated carbocycles. The number of benzene rings is 1. The summed E-state index contributed by atoms with van der Waals surface area (Å²) in [4.78, 5) is 13.4. The quantitative estimate of drug-likeness (QED) is 0.702. The van der Waals surface area contributed by atoms with Crippen molar-refractivity contribution in [1.82, 2.24) is 10.2 Å². The molecule has 0 spiro atoms. The topological polar surface area (TPSA) is 50.8 Å². The molecule has 0 radical (unpaired) electrons. The summed E-state index contributed by atoms with van der Waals surface area (Å²) in [6, 6.07) is 6.22. The number of amides is 1. The number of alkyl halides is 2. The van der Waals surface area contributed by atoms with Crippen LogP contribution in [0.25, 0.3) is 0 Å². The van der Waals surface area contributed by atoms with Gasteiger partial charge in [0.05, 0.1) is 13.2 Å². The van der Waals surface area contributed by atoms with Crippen molar-refractivity contribution in [1.29, 1.82) is 0 Å². The molecule has 1 amide bonds. The van der Waals surface area contributed by atoms with Crippen LogP contribution in [-0.4, -0.2) is 51.3 Å². The maximum absolute atomic E-state index is 12.0. The van der Waals surface area contributed by atoms with Crippen LogP contribution in [0.5, 0.6) is 5.75 Å². The highest BCUT2D eigenvalue weighted by atomic mass is 19.3. The second-order valence-corrected chi connectivity index (χ2v) is 4.44. The number of hydrogen-bond acceptors (Lipinski definition) is 4. The van der Waals surface area contributed by atoms with Crippen LogP contribution in [0.4, 0.5) is 8.78 Å². The average Bonchev–Trinajstić information content (AvgIpc) is 2.45. The van der Waals surface area contributed by atoms with E-state index >= 15 is 0 Å². The Morgan fingerprint density at radius 1 is 1.33 bits per heavy atom. The van der Waals surface area contributed by atoms with Crippen LogP contribution < -0.4 is 10.1 Å². The first-order chi connectivity index (χ1) is 10.0. The largest absolute Gasteiger partial charge is 0.435 e. The summed E-state index contributed by atoms with van der Waals surface area (Å²) < 4.78 is 33.2. The van der Waals surface area contributed by atoms with Gasteiger partial charge in [0, 0.05) is 27.2 Å². The molecule has 7 heteroatoms. The summed E-state index contributed by atoms with van der Waals surface area (Å²) in [7, 11) is 3.28. The molecule has 0 fully saturated rings. The zero-order valence-corrected chi connectivity index (χ0v) is 12.1. The van der Waals surface area contributed by atoms with Gasteiger partial charge >= 0.3 is 6.61 Å². The normalized spacial score (nSPS) is 10.7. The summed E-state index contributed by atoms with van der Waals surface area (Å²) >= 11 is 0. The minimum Gasteiger partial charge on any atom is -0.435 e. The number of carbonyl (C=O) groups is 1. The second-order valence-electron chi connectivity index (χ2n) is 4.44. The van der Waals surface area contributed by atoms with Gasteiger partial charge < -0.3 is 19.7 Å². The molecular formula is C14H20F2N2O3. The number of hydrogen-bond donors (Lipinski definition) is 1. The van der Waals surface area contributed by atoms with Gasteiger partial charge in [0.15, 0.2) is 0 Å². The monoisotopic (exact) mass is 302 g/mol. The zero-order chi connectivity index (χ0) is 15.7. The van der Waals surface area contributed by atoms with Crippen molar-refractivity contribution in [2.75, 3.05) is 33.9 Å². The van der Waals surface area contributed by atoms with E-state index < -0.39 is 6.61 Å². The Balaban J connectivity index is 2.39. The molecule has 0 aliphatic heterocycles. The molecule has 0 saturated heterocycles. The van der Waals surface area contributed by atoms with Crippen molar-refractivity contribution in [2.24, 2.45) is 0 Å². The fraction of sp³-hybridized carbons (Fsp3) is 0.500. The van der Waals surface area contributed by atoms with Crippen molar-refractivity contribution >= 4 is 5.91 Å². The van der Waals surface area contributed by atoms with Gasteiger partial charge in [-0.3, -0.25) is 4.79 Å². The number of nitrogens with zero attached hydrogens (tertiary/aromatic N) is 1. The number of likely N-dealkylation sites (N-methyl/N-ethyl adjacent to an activating group) is 1. The van der Waals surface area contributed by atoms with E-state index in [9.17, 15) is 13.6 Å². The van der Waals surface area contributed by atoms with Crippen LogP contribution in [-0.2, 0) is 16.1 Å². The molecule has 0 bridgehead atoms. The lowest BCUT2D eigenvalue weighted by Crippen LogP contribution is -2.36. The van der Waals surface area contributed by atoms with E-state index in [0.717, 1.165) is 5.56 Å². The Bertz CT molecular complexity index is 427. The predicted octanol–water partition coefficient (Wildman–Crippen LogP) is 1.48. The molecule has 1 N–H and O–H groups in total. The minimum atomic E-state index is -2.83. The Morgan fingerprint density at radius 2 is 2.00 bits per heavy atom. The highest BCUT2D eigenvalue weighted by molar-refractivity contribution is 5.77. The maximum Gasteiger partial charge on any atom is 0.387 e. The molecule has 0 aromatic heterocycles. The van der Waals surface area contributed by atoms with Gasteiger partial charge in [-0.1, -0.05) is 12.1 Å². The van der Waals surface area contributed by atoms with Gasteiger partial charge in [0.25, 0.3) is 0 Å². The summed E-state index contributed by atoms with van der Waals surface area (Å²) in [5, 5.41) is 2.96. The lowest BCUT2D eigenvalue weighted by atomic mass is 10.2. The summed E-state index contributed by atoms with van der Waals surface area (Å²) in [6.07, 6.45) is 0. The second kappa shape index (κ2) is 9.25. The molecule has 5 nitrogen and oxygen atoms in total. The van der Waals surface area contributed by atoms with Crippen LogP contribution in [0.2, 0.25) is 0 Å². The summed E-state index contributed by atoms with van der Waals surface area (Å²) in [5.74, 6) is 0.0444. The highest BCUT2D eigenvalue weighted by Gasteiger charge is 2.09. The SMILES string of the molecule is COCCNCC(=O)N(C)Cc1ccc(OC(F)F)cc1. The molecule has 1 aromatic carbocycles. The van der Waals surface area contributed by atoms with Crippen LogP contribution >= 0.6 is 0 Å². The summed E-state index contributed by atoms with van der Waals surface area (Å²) in [6.45, 7) is -1.05. The van der Waals surface area contributed by atoms with Crippen LogP contribution in [0.3, 0.4) is 0 Å². The lowest BCUT2D eigenvalue weighted by Gasteiger charge is -2.18. The fourth-order valence-corrected chi connectivity index (χ4v) is 1.64. The van der Waals surface area contributed by atoms with Gasteiger partial charge in [0.2, 0.25) is 5.91 Å². The Hall–Kier alpha value is -1.73. The van der Waals surface area contributed by atoms with Gasteiger partial charge in [-0.15, -0.1) is 0 Å². The molecule has 1 aromatic rings. The first kappa shape index (κ1) is 17.3. The zero-order valence-electron chi connectivity index (χ0n) is 12.1. The van der Waals surface area contributed by atoms with Crippen molar-refractivity contribution in [3.8, 4) is 5.75 Å². The van der Waals surface area contributed by atoms with Crippen LogP contribution in [0.15, 0.2) is 24.3 Å².